The highest BCUT2D eigenvalue weighted by Gasteiger charge is 2.26. The smallest absolute Gasteiger partial charge is 0.101 e. The van der Waals surface area contributed by atoms with Crippen LogP contribution in [0.2, 0.25) is 0 Å². The molecule has 0 bridgehead atoms. The van der Waals surface area contributed by atoms with Gasteiger partial charge in [-0.2, -0.15) is 5.26 Å². The normalized spacial score (nSPS) is 21.8. The molecule has 1 aromatic heterocycles. The first kappa shape index (κ1) is 14.8. The first-order valence-corrected chi connectivity index (χ1v) is 7.40. The maximum atomic E-state index is 9.25. The number of methoxy groups -OCH3 is 1. The minimum absolute atomic E-state index is 0.0520. The molecule has 22 heavy (non-hydrogen) atoms. The molecule has 1 aliphatic heterocycles. The number of benzene rings is 1. The van der Waals surface area contributed by atoms with E-state index >= 15 is 0 Å². The van der Waals surface area contributed by atoms with E-state index in [9.17, 15) is 5.26 Å². The topological polar surface area (TPSA) is 58.4 Å². The van der Waals surface area contributed by atoms with Gasteiger partial charge in [0.05, 0.1) is 29.9 Å². The van der Waals surface area contributed by atoms with Crippen molar-refractivity contribution in [3.63, 3.8) is 0 Å². The summed E-state index contributed by atoms with van der Waals surface area (Å²) in [5, 5.41) is 10.3. The zero-order chi connectivity index (χ0) is 15.5. The summed E-state index contributed by atoms with van der Waals surface area (Å²) in [6, 6.07) is 9.98. The zero-order valence-electron chi connectivity index (χ0n) is 12.8. The predicted molar refractivity (Wildman–Crippen MR) is 84.9 cm³/mol. The number of anilines is 1. The van der Waals surface area contributed by atoms with Gasteiger partial charge in [0.1, 0.15) is 6.07 Å². The molecule has 2 atom stereocenters. The summed E-state index contributed by atoms with van der Waals surface area (Å²) in [4.78, 5) is 6.67. The molecule has 0 aliphatic carbocycles. The lowest BCUT2D eigenvalue weighted by atomic mass is 10.1. The number of hydrogen-bond donors (Lipinski definition) is 0. The molecule has 1 aromatic carbocycles. The van der Waals surface area contributed by atoms with Gasteiger partial charge in [0.2, 0.25) is 0 Å². The summed E-state index contributed by atoms with van der Waals surface area (Å²) in [5.74, 6) is 0. The quantitative estimate of drug-likeness (QED) is 0.870. The third-order valence-electron chi connectivity index (χ3n) is 3.89. The highest BCUT2D eigenvalue weighted by atomic mass is 16.5. The van der Waals surface area contributed by atoms with Crippen molar-refractivity contribution < 1.29 is 9.47 Å². The maximum absolute atomic E-state index is 9.25. The molecule has 0 saturated carbocycles. The molecule has 0 spiro atoms. The number of rotatable bonds is 3. The summed E-state index contributed by atoms with van der Waals surface area (Å²) in [7, 11) is 1.69. The number of hydrogen-bond acceptors (Lipinski definition) is 5. The molecule has 2 heterocycles. The highest BCUT2D eigenvalue weighted by Crippen LogP contribution is 2.30. The fourth-order valence-corrected chi connectivity index (χ4v) is 3.04. The van der Waals surface area contributed by atoms with Gasteiger partial charge in [-0.1, -0.05) is 0 Å². The van der Waals surface area contributed by atoms with E-state index in [1.807, 2.05) is 24.3 Å². The summed E-state index contributed by atoms with van der Waals surface area (Å²) in [6.45, 7) is 4.23. The number of nitrogens with zero attached hydrogens (tertiary/aromatic N) is 3. The van der Waals surface area contributed by atoms with E-state index in [0.29, 0.717) is 12.2 Å². The van der Waals surface area contributed by atoms with E-state index in [-0.39, 0.29) is 12.2 Å². The highest BCUT2D eigenvalue weighted by molar-refractivity contribution is 5.95. The lowest BCUT2D eigenvalue weighted by molar-refractivity contribution is -0.0510. The van der Waals surface area contributed by atoms with Gasteiger partial charge in [-0.15, -0.1) is 0 Å². The van der Waals surface area contributed by atoms with Crippen molar-refractivity contribution in [2.75, 3.05) is 31.7 Å². The van der Waals surface area contributed by atoms with E-state index in [2.05, 4.69) is 22.9 Å². The van der Waals surface area contributed by atoms with Crippen LogP contribution in [-0.2, 0) is 9.47 Å². The van der Waals surface area contributed by atoms with Crippen LogP contribution in [0.4, 0.5) is 5.69 Å². The lowest BCUT2D eigenvalue weighted by Crippen LogP contribution is -2.48. The van der Waals surface area contributed by atoms with Crippen LogP contribution in [-0.4, -0.2) is 44.0 Å². The molecule has 114 valence electrons. The van der Waals surface area contributed by atoms with Gasteiger partial charge in [0.15, 0.2) is 0 Å². The van der Waals surface area contributed by atoms with E-state index in [0.717, 1.165) is 29.7 Å². The monoisotopic (exact) mass is 297 g/mol. The van der Waals surface area contributed by atoms with Crippen molar-refractivity contribution in [2.24, 2.45) is 0 Å². The van der Waals surface area contributed by atoms with E-state index in [4.69, 9.17) is 9.47 Å². The van der Waals surface area contributed by atoms with E-state index in [1.54, 1.807) is 13.3 Å². The number of nitriles is 1. The van der Waals surface area contributed by atoms with Gasteiger partial charge in [-0.05, 0) is 31.2 Å². The molecule has 5 heteroatoms. The van der Waals surface area contributed by atoms with Gasteiger partial charge >= 0.3 is 0 Å². The Morgan fingerprint density at radius 1 is 1.41 bits per heavy atom. The van der Waals surface area contributed by atoms with Crippen molar-refractivity contribution >= 4 is 16.6 Å². The van der Waals surface area contributed by atoms with Gasteiger partial charge in [0.25, 0.3) is 0 Å². The number of aromatic nitrogens is 1. The molecule has 0 amide bonds. The Hall–Kier alpha value is -2.16. The Morgan fingerprint density at radius 3 is 3.05 bits per heavy atom. The first-order valence-electron chi connectivity index (χ1n) is 7.40. The number of ether oxygens (including phenoxy) is 2. The van der Waals surface area contributed by atoms with E-state index in [1.165, 1.54) is 0 Å². The van der Waals surface area contributed by atoms with Crippen LogP contribution in [0.1, 0.15) is 12.5 Å². The van der Waals surface area contributed by atoms with Gasteiger partial charge in [-0.25, -0.2) is 0 Å². The number of morpholine rings is 1. The fraction of sp³-hybridized carbons (Fsp3) is 0.412. The molecule has 0 radical (unpaired) electrons. The largest absolute Gasteiger partial charge is 0.382 e. The Kier molecular flexibility index (Phi) is 4.23. The molecule has 5 nitrogen and oxygen atoms in total. The Labute approximate surface area is 130 Å². The Balaban J connectivity index is 2.01. The second-order valence-corrected chi connectivity index (χ2v) is 5.57. The van der Waals surface area contributed by atoms with Crippen molar-refractivity contribution in [1.29, 1.82) is 5.26 Å². The second kappa shape index (κ2) is 6.30. The number of pyridine rings is 1. The standard InChI is InChI=1S/C17H19N3O2/c1-12-9-20(10-14(22-12)11-21-2)16-6-5-13(8-18)17-15(16)4-3-7-19-17/h3-7,12,14H,9-11H2,1-2H3/t12-,14-/m1/s1. The molecule has 0 N–H and O–H groups in total. The average molecular weight is 297 g/mol. The van der Waals surface area contributed by atoms with Crippen molar-refractivity contribution in [3.8, 4) is 6.07 Å². The third-order valence-corrected chi connectivity index (χ3v) is 3.89. The molecule has 3 rings (SSSR count). The summed E-state index contributed by atoms with van der Waals surface area (Å²) in [6.07, 6.45) is 1.91. The van der Waals surface area contributed by atoms with E-state index < -0.39 is 0 Å². The fourth-order valence-electron chi connectivity index (χ4n) is 3.04. The summed E-state index contributed by atoms with van der Waals surface area (Å²) < 4.78 is 11.1. The minimum atomic E-state index is 0.0520. The molecule has 1 fully saturated rings. The molecule has 1 aliphatic rings. The van der Waals surface area contributed by atoms with Crippen LogP contribution in [0.15, 0.2) is 30.5 Å². The second-order valence-electron chi connectivity index (χ2n) is 5.57. The lowest BCUT2D eigenvalue weighted by Gasteiger charge is -2.38. The van der Waals surface area contributed by atoms with Crippen molar-refractivity contribution in [3.05, 3.63) is 36.0 Å². The predicted octanol–water partition coefficient (Wildman–Crippen LogP) is 2.35. The van der Waals surface area contributed by atoms with Gasteiger partial charge < -0.3 is 14.4 Å². The summed E-state index contributed by atoms with van der Waals surface area (Å²) in [5.41, 5.74) is 2.46. The Morgan fingerprint density at radius 2 is 2.27 bits per heavy atom. The molecular formula is C17H19N3O2. The Bertz CT molecular complexity index is 711. The van der Waals surface area contributed by atoms with Crippen LogP contribution in [0.5, 0.6) is 0 Å². The zero-order valence-corrected chi connectivity index (χ0v) is 12.8. The van der Waals surface area contributed by atoms with Crippen molar-refractivity contribution in [2.45, 2.75) is 19.1 Å². The van der Waals surface area contributed by atoms with Crippen molar-refractivity contribution in [1.82, 2.24) is 4.98 Å². The molecular weight excluding hydrogens is 278 g/mol. The third kappa shape index (κ3) is 2.76. The van der Waals surface area contributed by atoms with Crippen LogP contribution >= 0.6 is 0 Å². The van der Waals surface area contributed by atoms with Gasteiger partial charge in [0, 0.05) is 37.5 Å². The average Bonchev–Trinajstić information content (AvgIpc) is 2.53. The minimum Gasteiger partial charge on any atom is -0.382 e. The molecule has 1 saturated heterocycles. The summed E-state index contributed by atoms with van der Waals surface area (Å²) >= 11 is 0. The molecule has 0 unspecified atom stereocenters. The van der Waals surface area contributed by atoms with Gasteiger partial charge in [-0.3, -0.25) is 4.98 Å². The maximum Gasteiger partial charge on any atom is 0.101 e. The number of fused-ring (bicyclic) bond motifs is 1. The van der Waals surface area contributed by atoms with Crippen LogP contribution < -0.4 is 4.90 Å². The van der Waals surface area contributed by atoms with Crippen LogP contribution in [0.3, 0.4) is 0 Å². The first-order chi connectivity index (χ1) is 10.7. The van der Waals surface area contributed by atoms with Crippen LogP contribution in [0, 0.1) is 11.3 Å². The van der Waals surface area contributed by atoms with Crippen LogP contribution in [0.25, 0.3) is 10.9 Å². The molecule has 2 aromatic rings. The SMILES string of the molecule is COC[C@H]1CN(c2ccc(C#N)c3ncccc23)C[C@@H](C)O1.